The van der Waals surface area contributed by atoms with E-state index in [1.165, 1.54) is 0 Å². The Morgan fingerprint density at radius 2 is 2.00 bits per heavy atom. The van der Waals surface area contributed by atoms with E-state index in [-0.39, 0.29) is 0 Å². The average molecular weight is 129 g/mol. The van der Waals surface area contributed by atoms with E-state index >= 15 is 0 Å². The van der Waals surface area contributed by atoms with Crippen LogP contribution in [0.3, 0.4) is 0 Å². The molecule has 0 heterocycles. The second kappa shape index (κ2) is 3.85. The van der Waals surface area contributed by atoms with Crippen LogP contribution in [-0.2, 0) is 0 Å². The van der Waals surface area contributed by atoms with Crippen molar-refractivity contribution in [2.24, 2.45) is 21.8 Å². The Morgan fingerprint density at radius 1 is 1.44 bits per heavy atom. The number of amidine groups is 2. The minimum Gasteiger partial charge on any atom is -0.322 e. The van der Waals surface area contributed by atoms with Crippen molar-refractivity contribution in [3.63, 3.8) is 0 Å². The molecule has 0 unspecified atom stereocenters. The fraction of sp³-hybridized carbons (Fsp3) is 0.500. The van der Waals surface area contributed by atoms with E-state index in [2.05, 4.69) is 15.5 Å². The van der Waals surface area contributed by atoms with Gasteiger partial charge in [0, 0.05) is 0 Å². The van der Waals surface area contributed by atoms with Crippen molar-refractivity contribution < 1.29 is 0 Å². The zero-order valence-corrected chi connectivity index (χ0v) is 5.55. The first kappa shape index (κ1) is 7.90. The lowest BCUT2D eigenvalue weighted by atomic mass is 10.6. The van der Waals surface area contributed by atoms with Crippen LogP contribution in [0.4, 0.5) is 0 Å². The van der Waals surface area contributed by atoms with Gasteiger partial charge in [-0.05, 0) is 13.8 Å². The molecule has 0 aliphatic carbocycles. The van der Waals surface area contributed by atoms with Crippen LogP contribution >= 0.6 is 0 Å². The molecule has 0 aliphatic heterocycles. The third kappa shape index (κ3) is 3.48. The van der Waals surface area contributed by atoms with Crippen LogP contribution in [-0.4, -0.2) is 11.7 Å². The Labute approximate surface area is 53.8 Å². The van der Waals surface area contributed by atoms with E-state index < -0.39 is 0 Å². The lowest BCUT2D eigenvalue weighted by Crippen LogP contribution is -2.28. The summed E-state index contributed by atoms with van der Waals surface area (Å²) < 4.78 is 0. The quantitative estimate of drug-likeness (QED) is 0.172. The van der Waals surface area contributed by atoms with Gasteiger partial charge in [0.15, 0.2) is 0 Å². The molecule has 0 bridgehead atoms. The summed E-state index contributed by atoms with van der Waals surface area (Å²) in [5.74, 6) is 11.0. The van der Waals surface area contributed by atoms with Crippen molar-refractivity contribution in [1.82, 2.24) is 5.43 Å². The third-order valence-electron chi connectivity index (χ3n) is 0.725. The molecule has 52 valence electrons. The van der Waals surface area contributed by atoms with E-state index in [1.54, 1.807) is 13.8 Å². The number of hydrazine groups is 1. The van der Waals surface area contributed by atoms with Gasteiger partial charge >= 0.3 is 0 Å². The number of rotatable bonds is 0. The molecule has 0 aliphatic rings. The summed E-state index contributed by atoms with van der Waals surface area (Å²) in [6.45, 7) is 3.40. The van der Waals surface area contributed by atoms with Gasteiger partial charge in [0.25, 0.3) is 0 Å². The second-order valence-corrected chi connectivity index (χ2v) is 1.52. The van der Waals surface area contributed by atoms with Gasteiger partial charge in [-0.1, -0.05) is 0 Å². The number of nitrogens with one attached hydrogen (secondary N) is 1. The number of hydrogen-bond donors (Lipinski definition) is 3. The molecule has 5 N–H and O–H groups in total. The van der Waals surface area contributed by atoms with Gasteiger partial charge in [-0.3, -0.25) is 0 Å². The van der Waals surface area contributed by atoms with E-state index in [0.29, 0.717) is 11.7 Å². The maximum absolute atomic E-state index is 5.00. The van der Waals surface area contributed by atoms with E-state index in [0.717, 1.165) is 0 Å². The summed E-state index contributed by atoms with van der Waals surface area (Å²) in [4.78, 5) is 3.82. The van der Waals surface area contributed by atoms with Gasteiger partial charge < -0.3 is 11.3 Å². The van der Waals surface area contributed by atoms with Crippen LogP contribution in [0.1, 0.15) is 13.8 Å². The first-order chi connectivity index (χ1) is 4.20. The maximum atomic E-state index is 5.00. The Kier molecular flexibility index (Phi) is 3.38. The Bertz CT molecular complexity index is 136. The van der Waals surface area contributed by atoms with Crippen LogP contribution < -0.4 is 17.1 Å². The zero-order chi connectivity index (χ0) is 7.28. The van der Waals surface area contributed by atoms with Crippen molar-refractivity contribution >= 4 is 11.7 Å². The van der Waals surface area contributed by atoms with Gasteiger partial charge in [-0.25, -0.2) is 10.8 Å². The van der Waals surface area contributed by atoms with Gasteiger partial charge in [0.1, 0.15) is 11.7 Å². The van der Waals surface area contributed by atoms with Gasteiger partial charge in [0.2, 0.25) is 0 Å². The highest BCUT2D eigenvalue weighted by Gasteiger charge is 1.85. The number of aliphatic imine (C=N–C) groups is 1. The monoisotopic (exact) mass is 129 g/mol. The predicted octanol–water partition coefficient (Wildman–Crippen LogP) is -0.840. The van der Waals surface area contributed by atoms with Crippen LogP contribution in [0, 0.1) is 0 Å². The highest BCUT2D eigenvalue weighted by molar-refractivity contribution is 5.94. The Morgan fingerprint density at radius 3 is 2.33 bits per heavy atom. The first-order valence-corrected chi connectivity index (χ1v) is 2.47. The molecular weight excluding hydrogens is 118 g/mol. The zero-order valence-electron chi connectivity index (χ0n) is 5.55. The standard InChI is InChI=1S/C4H11N5/c1-3(8-5)7-4(2)9-6/h5-6H2,1-2H3,(H,7,8,9). The molecule has 0 rings (SSSR count). The topological polar surface area (TPSA) is 88.8 Å². The number of hydrazone groups is 1. The molecule has 0 saturated carbocycles. The molecule has 0 amide bonds. The van der Waals surface area contributed by atoms with Crippen molar-refractivity contribution in [2.75, 3.05) is 0 Å². The van der Waals surface area contributed by atoms with Gasteiger partial charge in [-0.15, -0.1) is 0 Å². The summed E-state index contributed by atoms with van der Waals surface area (Å²) in [5.41, 5.74) is 2.34. The largest absolute Gasteiger partial charge is 0.322 e. The molecule has 0 radical (unpaired) electrons. The SMILES string of the molecule is CC(=NN)N=C(C)NN. The average Bonchev–Trinajstić information content (AvgIpc) is 1.87. The third-order valence-corrected chi connectivity index (χ3v) is 0.725. The van der Waals surface area contributed by atoms with Gasteiger partial charge in [-0.2, -0.15) is 5.10 Å². The fourth-order valence-corrected chi connectivity index (χ4v) is 0.304. The first-order valence-electron chi connectivity index (χ1n) is 2.47. The molecule has 5 heteroatoms. The highest BCUT2D eigenvalue weighted by atomic mass is 15.3. The summed E-state index contributed by atoms with van der Waals surface area (Å²) in [6, 6.07) is 0. The molecule has 0 aromatic carbocycles. The molecule has 0 fully saturated rings. The molecule has 0 aromatic rings. The van der Waals surface area contributed by atoms with Crippen LogP contribution in [0.5, 0.6) is 0 Å². The van der Waals surface area contributed by atoms with Crippen LogP contribution in [0.2, 0.25) is 0 Å². The second-order valence-electron chi connectivity index (χ2n) is 1.52. The predicted molar refractivity (Wildman–Crippen MR) is 37.7 cm³/mol. The fourth-order valence-electron chi connectivity index (χ4n) is 0.304. The summed E-state index contributed by atoms with van der Waals surface area (Å²) in [5, 5.41) is 3.31. The molecule has 5 nitrogen and oxygen atoms in total. The van der Waals surface area contributed by atoms with E-state index in [9.17, 15) is 0 Å². The lowest BCUT2D eigenvalue weighted by Gasteiger charge is -1.94. The minimum atomic E-state index is 0.491. The Hall–Kier alpha value is -1.10. The van der Waals surface area contributed by atoms with Crippen LogP contribution in [0.15, 0.2) is 10.1 Å². The molecule has 9 heavy (non-hydrogen) atoms. The van der Waals surface area contributed by atoms with E-state index in [1.807, 2.05) is 0 Å². The molecule has 0 saturated heterocycles. The highest BCUT2D eigenvalue weighted by Crippen LogP contribution is 1.75. The summed E-state index contributed by atoms with van der Waals surface area (Å²) in [7, 11) is 0. The number of nitrogens with two attached hydrogens (primary N) is 2. The minimum absolute atomic E-state index is 0.491. The summed E-state index contributed by atoms with van der Waals surface area (Å²) in [6.07, 6.45) is 0. The number of nitrogens with zero attached hydrogens (tertiary/aromatic N) is 2. The van der Waals surface area contributed by atoms with Crippen molar-refractivity contribution in [3.05, 3.63) is 0 Å². The molecule has 0 spiro atoms. The summed E-state index contributed by atoms with van der Waals surface area (Å²) >= 11 is 0. The molecule has 0 atom stereocenters. The normalized spacial score (nSPS) is 13.7. The van der Waals surface area contributed by atoms with E-state index in [4.69, 9.17) is 11.7 Å². The number of hydrogen-bond acceptors (Lipinski definition) is 3. The Balaban J connectivity index is 3.95. The lowest BCUT2D eigenvalue weighted by molar-refractivity contribution is 1.02. The van der Waals surface area contributed by atoms with Crippen molar-refractivity contribution in [3.8, 4) is 0 Å². The van der Waals surface area contributed by atoms with Crippen molar-refractivity contribution in [1.29, 1.82) is 0 Å². The van der Waals surface area contributed by atoms with Crippen LogP contribution in [0.25, 0.3) is 0 Å². The van der Waals surface area contributed by atoms with Crippen molar-refractivity contribution in [2.45, 2.75) is 13.8 Å². The molecular formula is C4H11N5. The van der Waals surface area contributed by atoms with Gasteiger partial charge in [0.05, 0.1) is 0 Å². The maximum Gasteiger partial charge on any atom is 0.146 e. The molecule has 0 aromatic heterocycles. The smallest absolute Gasteiger partial charge is 0.146 e.